The number of aromatic nitrogens is 2. The second-order valence-electron chi connectivity index (χ2n) is 3.86. The molecule has 1 aliphatic heterocycles. The van der Waals surface area contributed by atoms with Crippen LogP contribution in [0.2, 0.25) is 5.28 Å². The van der Waals surface area contributed by atoms with Crippen molar-refractivity contribution in [2.45, 2.75) is 25.8 Å². The summed E-state index contributed by atoms with van der Waals surface area (Å²) in [6, 6.07) is 2.36. The molecule has 2 rings (SSSR count). The normalized spacial score (nSPS) is 21.0. The molecule has 0 radical (unpaired) electrons. The molecule has 0 spiro atoms. The van der Waals surface area contributed by atoms with Crippen LogP contribution in [0, 0.1) is 6.92 Å². The molecule has 15 heavy (non-hydrogen) atoms. The fourth-order valence-corrected chi connectivity index (χ4v) is 2.27. The van der Waals surface area contributed by atoms with Crippen LogP contribution in [0.4, 0.5) is 5.82 Å². The first-order valence-corrected chi connectivity index (χ1v) is 5.56. The molecule has 1 atom stereocenters. The van der Waals surface area contributed by atoms with Crippen molar-refractivity contribution in [2.75, 3.05) is 18.0 Å². The van der Waals surface area contributed by atoms with Crippen LogP contribution in [0.25, 0.3) is 0 Å². The Kier molecular flexibility index (Phi) is 3.07. The number of aryl methyl sites for hydroxylation is 1. The summed E-state index contributed by atoms with van der Waals surface area (Å²) in [5.74, 6) is 0.903. The van der Waals surface area contributed by atoms with Crippen molar-refractivity contribution in [3.8, 4) is 0 Å². The molecule has 2 N–H and O–H groups in total. The Morgan fingerprint density at radius 2 is 2.40 bits per heavy atom. The first kappa shape index (κ1) is 10.6. The topological polar surface area (TPSA) is 55.0 Å². The fourth-order valence-electron chi connectivity index (χ4n) is 2.05. The molecular weight excluding hydrogens is 212 g/mol. The molecule has 0 aromatic carbocycles. The van der Waals surface area contributed by atoms with E-state index >= 15 is 0 Å². The minimum atomic E-state index is 0.313. The van der Waals surface area contributed by atoms with E-state index in [2.05, 4.69) is 14.9 Å². The highest BCUT2D eigenvalue weighted by Crippen LogP contribution is 2.24. The number of hydrogen-bond acceptors (Lipinski definition) is 4. The lowest BCUT2D eigenvalue weighted by molar-refractivity contribution is 0.670. The van der Waals surface area contributed by atoms with Gasteiger partial charge >= 0.3 is 0 Å². The number of nitrogens with zero attached hydrogens (tertiary/aromatic N) is 3. The molecule has 1 unspecified atom stereocenters. The molecule has 0 aliphatic carbocycles. The standard InChI is InChI=1S/C10H15ClN4/c1-7-5-9(14-10(11)13-7)15-4-2-3-8(15)6-12/h5,8H,2-4,6,12H2,1H3. The summed E-state index contributed by atoms with van der Waals surface area (Å²) in [4.78, 5) is 10.5. The second kappa shape index (κ2) is 4.33. The van der Waals surface area contributed by atoms with Crippen LogP contribution in [-0.2, 0) is 0 Å². The van der Waals surface area contributed by atoms with Gasteiger partial charge in [0.05, 0.1) is 0 Å². The maximum absolute atomic E-state index is 5.84. The number of hydrogen-bond donors (Lipinski definition) is 1. The molecule has 1 aliphatic rings. The predicted molar refractivity (Wildman–Crippen MR) is 61.2 cm³/mol. The largest absolute Gasteiger partial charge is 0.352 e. The Hall–Kier alpha value is -0.870. The van der Waals surface area contributed by atoms with E-state index in [4.69, 9.17) is 17.3 Å². The quantitative estimate of drug-likeness (QED) is 0.774. The van der Waals surface area contributed by atoms with Gasteiger partial charge < -0.3 is 10.6 Å². The summed E-state index contributed by atoms with van der Waals surface area (Å²) in [5, 5.41) is 0.313. The van der Waals surface area contributed by atoms with E-state index in [1.165, 1.54) is 6.42 Å². The van der Waals surface area contributed by atoms with E-state index in [9.17, 15) is 0 Å². The third-order valence-electron chi connectivity index (χ3n) is 2.76. The van der Waals surface area contributed by atoms with Gasteiger partial charge in [-0.1, -0.05) is 0 Å². The van der Waals surface area contributed by atoms with Crippen LogP contribution >= 0.6 is 11.6 Å². The summed E-state index contributed by atoms with van der Waals surface area (Å²) in [5.41, 5.74) is 6.62. The molecule has 0 bridgehead atoms. The van der Waals surface area contributed by atoms with Gasteiger partial charge in [0.1, 0.15) is 5.82 Å². The Balaban J connectivity index is 2.28. The molecular formula is C10H15ClN4. The fraction of sp³-hybridized carbons (Fsp3) is 0.600. The smallest absolute Gasteiger partial charge is 0.224 e. The first-order valence-electron chi connectivity index (χ1n) is 5.18. The maximum Gasteiger partial charge on any atom is 0.224 e. The molecule has 0 saturated carbocycles. The third-order valence-corrected chi connectivity index (χ3v) is 2.93. The van der Waals surface area contributed by atoms with Crippen molar-refractivity contribution in [2.24, 2.45) is 5.73 Å². The number of rotatable bonds is 2. The average Bonchev–Trinajstić information content (AvgIpc) is 2.63. The zero-order valence-corrected chi connectivity index (χ0v) is 9.54. The lowest BCUT2D eigenvalue weighted by atomic mass is 10.2. The van der Waals surface area contributed by atoms with Crippen molar-refractivity contribution in [3.63, 3.8) is 0 Å². The summed E-state index contributed by atoms with van der Waals surface area (Å²) < 4.78 is 0. The molecule has 1 fully saturated rings. The van der Waals surface area contributed by atoms with Gasteiger partial charge in [-0.15, -0.1) is 0 Å². The average molecular weight is 227 g/mol. The van der Waals surface area contributed by atoms with E-state index in [-0.39, 0.29) is 0 Å². The lowest BCUT2D eigenvalue weighted by Gasteiger charge is -2.24. The van der Waals surface area contributed by atoms with Gasteiger partial charge in [-0.3, -0.25) is 0 Å². The lowest BCUT2D eigenvalue weighted by Crippen LogP contribution is -2.36. The van der Waals surface area contributed by atoms with Gasteiger partial charge in [0.25, 0.3) is 0 Å². The van der Waals surface area contributed by atoms with Gasteiger partial charge in [0.15, 0.2) is 0 Å². The first-order chi connectivity index (χ1) is 7.20. The van der Waals surface area contributed by atoms with Crippen molar-refractivity contribution in [3.05, 3.63) is 17.0 Å². The van der Waals surface area contributed by atoms with Crippen LogP contribution < -0.4 is 10.6 Å². The van der Waals surface area contributed by atoms with E-state index < -0.39 is 0 Å². The summed E-state index contributed by atoms with van der Waals surface area (Å²) >= 11 is 5.84. The molecule has 2 heterocycles. The second-order valence-corrected chi connectivity index (χ2v) is 4.20. The Morgan fingerprint density at radius 1 is 1.60 bits per heavy atom. The summed E-state index contributed by atoms with van der Waals surface area (Å²) in [7, 11) is 0. The Bertz CT molecular complexity index is 335. The van der Waals surface area contributed by atoms with Crippen molar-refractivity contribution in [1.29, 1.82) is 0 Å². The van der Waals surface area contributed by atoms with Crippen LogP contribution in [0.1, 0.15) is 18.5 Å². The third kappa shape index (κ3) is 2.21. The Morgan fingerprint density at radius 3 is 3.07 bits per heavy atom. The molecule has 1 saturated heterocycles. The molecule has 1 aromatic rings. The van der Waals surface area contributed by atoms with Crippen LogP contribution in [0.5, 0.6) is 0 Å². The zero-order valence-electron chi connectivity index (χ0n) is 8.78. The van der Waals surface area contributed by atoms with Gasteiger partial charge in [-0.05, 0) is 31.4 Å². The Labute approximate surface area is 94.5 Å². The van der Waals surface area contributed by atoms with Crippen LogP contribution in [-0.4, -0.2) is 29.1 Å². The van der Waals surface area contributed by atoms with Crippen molar-refractivity contribution in [1.82, 2.24) is 9.97 Å². The van der Waals surface area contributed by atoms with E-state index in [1.807, 2.05) is 13.0 Å². The maximum atomic E-state index is 5.84. The highest BCUT2D eigenvalue weighted by Gasteiger charge is 2.24. The van der Waals surface area contributed by atoms with Crippen molar-refractivity contribution >= 4 is 17.4 Å². The van der Waals surface area contributed by atoms with Gasteiger partial charge in [0, 0.05) is 30.9 Å². The number of nitrogens with two attached hydrogens (primary N) is 1. The molecule has 1 aromatic heterocycles. The van der Waals surface area contributed by atoms with Gasteiger partial charge in [0.2, 0.25) is 5.28 Å². The number of anilines is 1. The van der Waals surface area contributed by atoms with E-state index in [0.29, 0.717) is 17.9 Å². The highest BCUT2D eigenvalue weighted by atomic mass is 35.5. The monoisotopic (exact) mass is 226 g/mol. The van der Waals surface area contributed by atoms with Gasteiger partial charge in [-0.2, -0.15) is 0 Å². The minimum Gasteiger partial charge on any atom is -0.352 e. The zero-order chi connectivity index (χ0) is 10.8. The highest BCUT2D eigenvalue weighted by molar-refractivity contribution is 6.28. The van der Waals surface area contributed by atoms with E-state index in [0.717, 1.165) is 24.5 Å². The SMILES string of the molecule is Cc1cc(N2CCCC2CN)nc(Cl)n1. The van der Waals surface area contributed by atoms with Crippen molar-refractivity contribution < 1.29 is 0 Å². The predicted octanol–water partition coefficient (Wildman–Crippen LogP) is 1.37. The number of halogens is 1. The molecule has 82 valence electrons. The summed E-state index contributed by atoms with van der Waals surface area (Å²) in [6.45, 7) is 3.60. The molecule has 0 amide bonds. The summed E-state index contributed by atoms with van der Waals surface area (Å²) in [6.07, 6.45) is 2.31. The molecule has 4 nitrogen and oxygen atoms in total. The van der Waals surface area contributed by atoms with Gasteiger partial charge in [-0.25, -0.2) is 9.97 Å². The van der Waals surface area contributed by atoms with Crippen LogP contribution in [0.3, 0.4) is 0 Å². The minimum absolute atomic E-state index is 0.313. The van der Waals surface area contributed by atoms with Crippen LogP contribution in [0.15, 0.2) is 6.07 Å². The molecule has 5 heteroatoms. The van der Waals surface area contributed by atoms with E-state index in [1.54, 1.807) is 0 Å².